The van der Waals surface area contributed by atoms with Crippen molar-refractivity contribution in [3.8, 4) is 11.8 Å². The normalized spacial score (nSPS) is 10.1. The summed E-state index contributed by atoms with van der Waals surface area (Å²) >= 11 is 2.15. The largest absolute Gasteiger partial charge is 0.480 e. The van der Waals surface area contributed by atoms with E-state index in [1.165, 1.54) is 0 Å². The molecule has 0 saturated heterocycles. The summed E-state index contributed by atoms with van der Waals surface area (Å²) < 4.78 is 7.54. The summed E-state index contributed by atoms with van der Waals surface area (Å²) in [7, 11) is 1.58. The van der Waals surface area contributed by atoms with Gasteiger partial charge in [-0.25, -0.2) is 9.97 Å². The molecule has 0 fully saturated rings. The standard InChI is InChI=1S/C8H7IN4O/c1-14-7-5-6(9)13(12-7)8-10-3-2-4-11-8/h2-5H,1H3. The summed E-state index contributed by atoms with van der Waals surface area (Å²) in [4.78, 5) is 8.17. The van der Waals surface area contributed by atoms with Crippen molar-refractivity contribution in [3.63, 3.8) is 0 Å². The molecule has 0 aliphatic heterocycles. The molecule has 5 nitrogen and oxygen atoms in total. The summed E-state index contributed by atoms with van der Waals surface area (Å²) in [5.74, 6) is 1.10. The monoisotopic (exact) mass is 302 g/mol. The third-order valence-electron chi connectivity index (χ3n) is 1.59. The lowest BCUT2D eigenvalue weighted by Gasteiger charge is -1.98. The average Bonchev–Trinajstić information content (AvgIpc) is 2.61. The lowest BCUT2D eigenvalue weighted by Crippen LogP contribution is -2.03. The van der Waals surface area contributed by atoms with Crippen LogP contribution in [-0.2, 0) is 0 Å². The Morgan fingerprint density at radius 3 is 2.64 bits per heavy atom. The molecule has 0 aliphatic carbocycles. The third-order valence-corrected chi connectivity index (χ3v) is 2.36. The minimum atomic E-state index is 0.542. The van der Waals surface area contributed by atoms with E-state index in [0.717, 1.165) is 3.70 Å². The summed E-state index contributed by atoms with van der Waals surface area (Å²) in [6, 6.07) is 3.58. The Labute approximate surface area is 94.3 Å². The molecular formula is C8H7IN4O. The number of rotatable bonds is 2. The number of ether oxygens (including phenoxy) is 1. The zero-order chi connectivity index (χ0) is 9.97. The second-order valence-electron chi connectivity index (χ2n) is 2.47. The Hall–Kier alpha value is -1.18. The molecule has 2 aromatic heterocycles. The molecule has 14 heavy (non-hydrogen) atoms. The fraction of sp³-hybridized carbons (Fsp3) is 0.125. The van der Waals surface area contributed by atoms with Gasteiger partial charge < -0.3 is 4.74 Å². The lowest BCUT2D eigenvalue weighted by molar-refractivity contribution is 0.393. The lowest BCUT2D eigenvalue weighted by atomic mass is 10.7. The molecule has 2 aromatic rings. The maximum absolute atomic E-state index is 5.00. The van der Waals surface area contributed by atoms with Crippen LogP contribution in [0.25, 0.3) is 5.95 Å². The number of nitrogens with zero attached hydrogens (tertiary/aromatic N) is 4. The van der Waals surface area contributed by atoms with Crippen LogP contribution in [0.5, 0.6) is 5.88 Å². The van der Waals surface area contributed by atoms with Gasteiger partial charge in [0.2, 0.25) is 5.88 Å². The van der Waals surface area contributed by atoms with Gasteiger partial charge in [-0.2, -0.15) is 4.68 Å². The third kappa shape index (κ3) is 1.69. The van der Waals surface area contributed by atoms with Crippen LogP contribution in [0.1, 0.15) is 0 Å². The van der Waals surface area contributed by atoms with E-state index in [2.05, 4.69) is 37.7 Å². The van der Waals surface area contributed by atoms with Crippen LogP contribution in [0.15, 0.2) is 24.5 Å². The molecule has 0 amide bonds. The first-order valence-electron chi connectivity index (χ1n) is 3.88. The molecule has 0 unspecified atom stereocenters. The summed E-state index contributed by atoms with van der Waals surface area (Å²) in [6.45, 7) is 0. The van der Waals surface area contributed by atoms with E-state index < -0.39 is 0 Å². The number of aromatic nitrogens is 4. The highest BCUT2D eigenvalue weighted by atomic mass is 127. The SMILES string of the molecule is COc1cc(I)n(-c2ncccn2)n1. The van der Waals surface area contributed by atoms with Gasteiger partial charge in [-0.3, -0.25) is 0 Å². The maximum Gasteiger partial charge on any atom is 0.251 e. The first-order valence-corrected chi connectivity index (χ1v) is 4.96. The van der Waals surface area contributed by atoms with Crippen molar-refractivity contribution < 1.29 is 4.74 Å². The number of methoxy groups -OCH3 is 1. The van der Waals surface area contributed by atoms with Gasteiger partial charge in [0.15, 0.2) is 0 Å². The van der Waals surface area contributed by atoms with Crippen LogP contribution >= 0.6 is 22.6 Å². The smallest absolute Gasteiger partial charge is 0.251 e. The fourth-order valence-electron chi connectivity index (χ4n) is 0.979. The quantitative estimate of drug-likeness (QED) is 0.784. The highest BCUT2D eigenvalue weighted by Gasteiger charge is 2.08. The van der Waals surface area contributed by atoms with Gasteiger partial charge >= 0.3 is 0 Å². The zero-order valence-electron chi connectivity index (χ0n) is 7.38. The summed E-state index contributed by atoms with van der Waals surface area (Å²) in [5, 5.41) is 4.16. The fourth-order valence-corrected chi connectivity index (χ4v) is 1.57. The highest BCUT2D eigenvalue weighted by Crippen LogP contribution is 2.15. The van der Waals surface area contributed by atoms with E-state index in [9.17, 15) is 0 Å². The maximum atomic E-state index is 5.00. The van der Waals surface area contributed by atoms with E-state index >= 15 is 0 Å². The van der Waals surface area contributed by atoms with Gasteiger partial charge in [0, 0.05) is 18.5 Å². The second-order valence-corrected chi connectivity index (χ2v) is 3.58. The van der Waals surface area contributed by atoms with E-state index in [1.54, 1.807) is 30.3 Å². The Morgan fingerprint density at radius 2 is 2.07 bits per heavy atom. The van der Waals surface area contributed by atoms with Crippen molar-refractivity contribution in [1.82, 2.24) is 19.7 Å². The zero-order valence-corrected chi connectivity index (χ0v) is 9.54. The van der Waals surface area contributed by atoms with Crippen molar-refractivity contribution in [2.24, 2.45) is 0 Å². The van der Waals surface area contributed by atoms with Crippen molar-refractivity contribution >= 4 is 22.6 Å². The molecule has 0 aliphatic rings. The average molecular weight is 302 g/mol. The van der Waals surface area contributed by atoms with Crippen molar-refractivity contribution in [2.75, 3.05) is 7.11 Å². The van der Waals surface area contributed by atoms with Gasteiger partial charge in [-0.15, -0.1) is 5.10 Å². The minimum Gasteiger partial charge on any atom is -0.480 e. The predicted octanol–water partition coefficient (Wildman–Crippen LogP) is 1.28. The predicted molar refractivity (Wildman–Crippen MR) is 58.4 cm³/mol. The van der Waals surface area contributed by atoms with E-state index in [4.69, 9.17) is 4.74 Å². The van der Waals surface area contributed by atoms with Gasteiger partial charge in [0.05, 0.1) is 7.11 Å². The molecule has 0 radical (unpaired) electrons. The molecular weight excluding hydrogens is 295 g/mol. The van der Waals surface area contributed by atoms with E-state index in [1.807, 2.05) is 6.07 Å². The van der Waals surface area contributed by atoms with Crippen LogP contribution in [0.2, 0.25) is 0 Å². The van der Waals surface area contributed by atoms with Crippen LogP contribution in [0, 0.1) is 3.70 Å². The Balaban J connectivity index is 2.46. The second kappa shape index (κ2) is 3.91. The van der Waals surface area contributed by atoms with Gasteiger partial charge in [0.1, 0.15) is 3.70 Å². The van der Waals surface area contributed by atoms with Gasteiger partial charge in [-0.1, -0.05) is 0 Å². The van der Waals surface area contributed by atoms with E-state index in [-0.39, 0.29) is 0 Å². The molecule has 6 heteroatoms. The van der Waals surface area contributed by atoms with Gasteiger partial charge in [0.25, 0.3) is 5.95 Å². The highest BCUT2D eigenvalue weighted by molar-refractivity contribution is 14.1. The summed E-state index contributed by atoms with van der Waals surface area (Å²) in [6.07, 6.45) is 3.35. The van der Waals surface area contributed by atoms with Crippen LogP contribution in [0.3, 0.4) is 0 Å². The number of hydrogen-bond donors (Lipinski definition) is 0. The van der Waals surface area contributed by atoms with Crippen LogP contribution in [-0.4, -0.2) is 26.9 Å². The number of halogens is 1. The molecule has 0 spiro atoms. The van der Waals surface area contributed by atoms with Crippen LogP contribution in [0.4, 0.5) is 0 Å². The molecule has 0 saturated carbocycles. The molecule has 72 valence electrons. The minimum absolute atomic E-state index is 0.542. The van der Waals surface area contributed by atoms with Crippen molar-refractivity contribution in [2.45, 2.75) is 0 Å². The summed E-state index contributed by atoms with van der Waals surface area (Å²) in [5.41, 5.74) is 0. The molecule has 2 rings (SSSR count). The van der Waals surface area contributed by atoms with Crippen molar-refractivity contribution in [1.29, 1.82) is 0 Å². The molecule has 0 N–H and O–H groups in total. The Kier molecular flexibility index (Phi) is 2.62. The molecule has 0 aromatic carbocycles. The van der Waals surface area contributed by atoms with E-state index in [0.29, 0.717) is 11.8 Å². The molecule has 0 atom stereocenters. The first-order chi connectivity index (χ1) is 6.81. The van der Waals surface area contributed by atoms with Gasteiger partial charge in [-0.05, 0) is 28.7 Å². The molecule has 0 bridgehead atoms. The first kappa shape index (κ1) is 9.38. The molecule has 2 heterocycles. The Morgan fingerprint density at radius 1 is 1.36 bits per heavy atom. The Bertz CT molecular complexity index is 428. The topological polar surface area (TPSA) is 52.8 Å². The number of hydrogen-bond acceptors (Lipinski definition) is 4. The van der Waals surface area contributed by atoms with Crippen LogP contribution < -0.4 is 4.74 Å². The van der Waals surface area contributed by atoms with Crippen molar-refractivity contribution in [3.05, 3.63) is 28.2 Å².